The zero-order chi connectivity index (χ0) is 10.9. The van der Waals surface area contributed by atoms with Crippen LogP contribution in [0.25, 0.3) is 0 Å². The normalized spacial score (nSPS) is 12.6. The highest BCUT2D eigenvalue weighted by Gasteiger charge is 2.16. The van der Waals surface area contributed by atoms with Crippen molar-refractivity contribution in [3.05, 3.63) is 12.1 Å². The maximum absolute atomic E-state index is 11.7. The van der Waals surface area contributed by atoms with Gasteiger partial charge in [-0.25, -0.2) is 0 Å². The molecule has 0 saturated heterocycles. The predicted molar refractivity (Wildman–Crippen MR) is 56.2 cm³/mol. The van der Waals surface area contributed by atoms with Crippen LogP contribution in [0.15, 0.2) is 12.1 Å². The summed E-state index contributed by atoms with van der Waals surface area (Å²) in [5.41, 5.74) is 0. The van der Waals surface area contributed by atoms with E-state index in [0.717, 1.165) is 19.3 Å². The Labute approximate surface area is 84.6 Å². The molecule has 0 fully saturated rings. The van der Waals surface area contributed by atoms with Gasteiger partial charge in [-0.05, 0) is 12.8 Å². The van der Waals surface area contributed by atoms with Gasteiger partial charge in [-0.3, -0.25) is 0 Å². The number of hydrogen-bond donors (Lipinski definition) is 0. The minimum Gasteiger partial charge on any atom is -0.445 e. The average molecular weight is 207 g/mol. The first-order chi connectivity index (χ1) is 6.56. The second-order valence-corrected chi connectivity index (χ2v) is 3.61. The number of unbranched alkanes of at least 4 members (excludes halogenated alkanes) is 6. The Morgan fingerprint density at radius 2 is 1.50 bits per heavy atom. The molecule has 0 bridgehead atoms. The topological polar surface area (TPSA) is 0 Å². The standard InChI is InChI=1S/C10H19BF3/c1-2-3-4-5-6-7-8-9-10-11(12,13)14/h9-10H,2-8H2,1H3/q-1/b10-9-. The van der Waals surface area contributed by atoms with E-state index in [9.17, 15) is 12.9 Å². The van der Waals surface area contributed by atoms with Crippen LogP contribution in [0.4, 0.5) is 12.9 Å². The van der Waals surface area contributed by atoms with Crippen LogP contribution in [0.1, 0.15) is 51.9 Å². The summed E-state index contributed by atoms with van der Waals surface area (Å²) in [5, 5.41) is 0. The zero-order valence-electron chi connectivity index (χ0n) is 8.82. The molecule has 0 unspecified atom stereocenters. The van der Waals surface area contributed by atoms with E-state index >= 15 is 0 Å². The lowest BCUT2D eigenvalue weighted by molar-refractivity contribution is 0.498. The Morgan fingerprint density at radius 1 is 0.929 bits per heavy atom. The van der Waals surface area contributed by atoms with Gasteiger partial charge in [-0.2, -0.15) is 0 Å². The molecule has 84 valence electrons. The van der Waals surface area contributed by atoms with E-state index < -0.39 is 6.98 Å². The number of hydrogen-bond acceptors (Lipinski definition) is 0. The van der Waals surface area contributed by atoms with Gasteiger partial charge in [0.05, 0.1) is 0 Å². The third-order valence-electron chi connectivity index (χ3n) is 2.08. The molecule has 0 aromatic heterocycles. The van der Waals surface area contributed by atoms with Gasteiger partial charge in [0.1, 0.15) is 0 Å². The van der Waals surface area contributed by atoms with Crippen molar-refractivity contribution in [2.24, 2.45) is 0 Å². The zero-order valence-corrected chi connectivity index (χ0v) is 8.82. The molecule has 0 aliphatic heterocycles. The van der Waals surface area contributed by atoms with Crippen LogP contribution in [0, 0.1) is 0 Å². The fraction of sp³-hybridized carbons (Fsp3) is 0.800. The van der Waals surface area contributed by atoms with Crippen LogP contribution >= 0.6 is 0 Å². The molecule has 0 aliphatic carbocycles. The molecule has 0 spiro atoms. The molecular formula is C10H19BF3-. The van der Waals surface area contributed by atoms with Crippen molar-refractivity contribution >= 4 is 6.98 Å². The van der Waals surface area contributed by atoms with Crippen molar-refractivity contribution in [1.82, 2.24) is 0 Å². The van der Waals surface area contributed by atoms with Crippen molar-refractivity contribution in [3.8, 4) is 0 Å². The highest BCUT2D eigenvalue weighted by atomic mass is 19.4. The van der Waals surface area contributed by atoms with Gasteiger partial charge in [0.2, 0.25) is 0 Å². The fourth-order valence-corrected chi connectivity index (χ4v) is 1.29. The molecule has 0 rings (SSSR count). The van der Waals surface area contributed by atoms with Crippen LogP contribution in [0.5, 0.6) is 0 Å². The van der Waals surface area contributed by atoms with Crippen LogP contribution in [-0.4, -0.2) is 6.98 Å². The van der Waals surface area contributed by atoms with Crippen LogP contribution in [-0.2, 0) is 0 Å². The molecule has 0 radical (unpaired) electrons. The highest BCUT2D eigenvalue weighted by Crippen LogP contribution is 2.11. The summed E-state index contributed by atoms with van der Waals surface area (Å²) in [6.07, 6.45) is 8.55. The van der Waals surface area contributed by atoms with E-state index in [4.69, 9.17) is 0 Å². The Kier molecular flexibility index (Phi) is 7.72. The lowest BCUT2D eigenvalue weighted by Gasteiger charge is -2.05. The molecule has 0 atom stereocenters. The quantitative estimate of drug-likeness (QED) is 0.400. The van der Waals surface area contributed by atoms with Gasteiger partial charge in [0, 0.05) is 0 Å². The van der Waals surface area contributed by atoms with Gasteiger partial charge >= 0.3 is 6.98 Å². The molecule has 0 aliphatic rings. The minimum absolute atomic E-state index is 0.395. The second kappa shape index (κ2) is 7.95. The average Bonchev–Trinajstić information content (AvgIpc) is 2.08. The highest BCUT2D eigenvalue weighted by molar-refractivity contribution is 6.64. The number of allylic oxidation sites excluding steroid dienone is 1. The summed E-state index contributed by atoms with van der Waals surface area (Å²) in [5.74, 6) is 0.395. The predicted octanol–water partition coefficient (Wildman–Crippen LogP) is 4.68. The van der Waals surface area contributed by atoms with Crippen molar-refractivity contribution in [2.45, 2.75) is 51.9 Å². The Balaban J connectivity index is 3.17. The van der Waals surface area contributed by atoms with Crippen molar-refractivity contribution in [3.63, 3.8) is 0 Å². The van der Waals surface area contributed by atoms with Gasteiger partial charge < -0.3 is 12.9 Å². The summed E-state index contributed by atoms with van der Waals surface area (Å²) in [6, 6.07) is 0. The Hall–Kier alpha value is -0.405. The first-order valence-corrected chi connectivity index (χ1v) is 5.44. The molecule has 0 heterocycles. The summed E-state index contributed by atoms with van der Waals surface area (Å²) in [4.78, 5) is 0. The van der Waals surface area contributed by atoms with Gasteiger partial charge in [-0.15, -0.1) is 12.1 Å². The van der Waals surface area contributed by atoms with E-state index in [1.165, 1.54) is 25.3 Å². The summed E-state index contributed by atoms with van der Waals surface area (Å²) in [6.45, 7) is -2.57. The lowest BCUT2D eigenvalue weighted by atomic mass is 9.91. The molecule has 0 aromatic rings. The Bertz CT molecular complexity index is 152. The van der Waals surface area contributed by atoms with Crippen LogP contribution in [0.2, 0.25) is 0 Å². The largest absolute Gasteiger partial charge is 0.502 e. The smallest absolute Gasteiger partial charge is 0.445 e. The molecule has 0 amide bonds. The summed E-state index contributed by atoms with van der Waals surface area (Å²) in [7, 11) is 0. The molecule has 14 heavy (non-hydrogen) atoms. The second-order valence-electron chi connectivity index (χ2n) is 3.61. The molecule has 4 heteroatoms. The summed E-state index contributed by atoms with van der Waals surface area (Å²) >= 11 is 0. The molecule has 0 aromatic carbocycles. The van der Waals surface area contributed by atoms with Crippen LogP contribution < -0.4 is 0 Å². The third-order valence-corrected chi connectivity index (χ3v) is 2.08. The summed E-state index contributed by atoms with van der Waals surface area (Å²) < 4.78 is 35.1. The molecule has 0 nitrogen and oxygen atoms in total. The van der Waals surface area contributed by atoms with Gasteiger partial charge in [0.25, 0.3) is 0 Å². The Morgan fingerprint density at radius 3 is 2.07 bits per heavy atom. The van der Waals surface area contributed by atoms with Crippen molar-refractivity contribution < 1.29 is 12.9 Å². The maximum atomic E-state index is 11.7. The molecule has 0 N–H and O–H groups in total. The van der Waals surface area contributed by atoms with Gasteiger partial charge in [-0.1, -0.05) is 39.0 Å². The number of halogens is 3. The monoisotopic (exact) mass is 207 g/mol. The fourth-order valence-electron chi connectivity index (χ4n) is 1.29. The third kappa shape index (κ3) is 11.6. The first kappa shape index (κ1) is 13.6. The molecular weight excluding hydrogens is 188 g/mol. The maximum Gasteiger partial charge on any atom is 0.502 e. The molecule has 0 saturated carbocycles. The van der Waals surface area contributed by atoms with Gasteiger partial charge in [0.15, 0.2) is 0 Å². The van der Waals surface area contributed by atoms with Crippen LogP contribution in [0.3, 0.4) is 0 Å². The van der Waals surface area contributed by atoms with E-state index in [2.05, 4.69) is 6.92 Å². The first-order valence-electron chi connectivity index (χ1n) is 5.44. The van der Waals surface area contributed by atoms with E-state index in [1.54, 1.807) is 0 Å². The lowest BCUT2D eigenvalue weighted by Crippen LogP contribution is -2.09. The van der Waals surface area contributed by atoms with Crippen molar-refractivity contribution in [2.75, 3.05) is 0 Å². The van der Waals surface area contributed by atoms with E-state index in [0.29, 0.717) is 12.4 Å². The minimum atomic E-state index is -4.71. The number of rotatable bonds is 8. The van der Waals surface area contributed by atoms with Crippen molar-refractivity contribution in [1.29, 1.82) is 0 Å². The van der Waals surface area contributed by atoms with E-state index in [-0.39, 0.29) is 0 Å². The van der Waals surface area contributed by atoms with E-state index in [1.807, 2.05) is 0 Å². The SMILES string of the molecule is CCCCCCCC/C=C\[B-](F)(F)F.